The van der Waals surface area contributed by atoms with Gasteiger partial charge in [0.2, 0.25) is 10.0 Å². The highest BCUT2D eigenvalue weighted by atomic mass is 32.2. The fourth-order valence-electron chi connectivity index (χ4n) is 2.94. The number of ether oxygens (including phenoxy) is 2. The molecule has 0 spiro atoms. The summed E-state index contributed by atoms with van der Waals surface area (Å²) >= 11 is 0. The van der Waals surface area contributed by atoms with Crippen molar-refractivity contribution in [2.75, 3.05) is 26.1 Å². The molecule has 0 atom stereocenters. The zero-order valence-electron chi connectivity index (χ0n) is 17.3. The molecule has 0 unspecified atom stereocenters. The van der Waals surface area contributed by atoms with Gasteiger partial charge >= 0.3 is 0 Å². The Kier molecular flexibility index (Phi) is 7.28. The van der Waals surface area contributed by atoms with Gasteiger partial charge in [-0.3, -0.25) is 4.79 Å². The number of hydrogen-bond donors (Lipinski definition) is 2. The first kappa shape index (κ1) is 22.3. The molecule has 0 aliphatic carbocycles. The van der Waals surface area contributed by atoms with Crippen LogP contribution in [0.25, 0.3) is 0 Å². The minimum Gasteiger partial charge on any atom is -0.497 e. The third kappa shape index (κ3) is 5.84. The van der Waals surface area contributed by atoms with E-state index in [0.717, 1.165) is 11.3 Å². The van der Waals surface area contributed by atoms with Gasteiger partial charge in [0.1, 0.15) is 11.5 Å². The summed E-state index contributed by atoms with van der Waals surface area (Å²) in [5, 5.41) is 2.71. The second-order valence-electron chi connectivity index (χ2n) is 6.68. The van der Waals surface area contributed by atoms with Crippen LogP contribution in [0, 0.1) is 0 Å². The molecule has 31 heavy (non-hydrogen) atoms. The molecule has 0 saturated heterocycles. The van der Waals surface area contributed by atoms with Crippen LogP contribution >= 0.6 is 0 Å². The smallest absolute Gasteiger partial charge is 0.255 e. The average Bonchev–Trinajstić information content (AvgIpc) is 2.80. The van der Waals surface area contributed by atoms with Gasteiger partial charge in [-0.25, -0.2) is 13.1 Å². The first-order valence-electron chi connectivity index (χ1n) is 9.60. The molecule has 7 nitrogen and oxygen atoms in total. The van der Waals surface area contributed by atoms with Gasteiger partial charge in [-0.1, -0.05) is 30.3 Å². The Labute approximate surface area is 182 Å². The predicted octanol–water partition coefficient (Wildman–Crippen LogP) is 3.48. The van der Waals surface area contributed by atoms with Crippen LogP contribution in [0.4, 0.5) is 5.69 Å². The number of nitrogens with one attached hydrogen (secondary N) is 2. The number of methoxy groups -OCH3 is 2. The Morgan fingerprint density at radius 3 is 2.26 bits per heavy atom. The number of hydrogen-bond acceptors (Lipinski definition) is 5. The standard InChI is InChI=1S/C23H24N2O5S/c1-29-19-10-8-17(9-11-19)14-15-24-31(27,28)20-12-13-22(30-2)21(16-20)25-23(26)18-6-4-3-5-7-18/h3-13,16,24H,14-15H2,1-2H3,(H,25,26). The van der Waals surface area contributed by atoms with E-state index in [-0.39, 0.29) is 23.0 Å². The molecule has 0 saturated carbocycles. The number of rotatable bonds is 9. The topological polar surface area (TPSA) is 93.7 Å². The highest BCUT2D eigenvalue weighted by molar-refractivity contribution is 7.89. The number of carbonyl (C=O) groups excluding carboxylic acids is 1. The first-order chi connectivity index (χ1) is 14.9. The van der Waals surface area contributed by atoms with Gasteiger partial charge in [-0.2, -0.15) is 0 Å². The van der Waals surface area contributed by atoms with Crippen LogP contribution in [0.3, 0.4) is 0 Å². The zero-order valence-corrected chi connectivity index (χ0v) is 18.1. The lowest BCUT2D eigenvalue weighted by Gasteiger charge is -2.13. The fraction of sp³-hybridized carbons (Fsp3) is 0.174. The van der Waals surface area contributed by atoms with E-state index in [9.17, 15) is 13.2 Å². The van der Waals surface area contributed by atoms with Crippen LogP contribution in [0.15, 0.2) is 77.7 Å². The molecule has 3 aromatic rings. The lowest BCUT2D eigenvalue weighted by Crippen LogP contribution is -2.26. The largest absolute Gasteiger partial charge is 0.497 e. The molecule has 0 aliphatic heterocycles. The third-order valence-corrected chi connectivity index (χ3v) is 6.09. The van der Waals surface area contributed by atoms with Gasteiger partial charge in [0, 0.05) is 12.1 Å². The second-order valence-corrected chi connectivity index (χ2v) is 8.45. The highest BCUT2D eigenvalue weighted by Gasteiger charge is 2.18. The molecule has 0 bridgehead atoms. The molecule has 3 aromatic carbocycles. The van der Waals surface area contributed by atoms with Crippen molar-refractivity contribution in [3.05, 3.63) is 83.9 Å². The first-order valence-corrected chi connectivity index (χ1v) is 11.1. The molecule has 0 heterocycles. The summed E-state index contributed by atoms with van der Waals surface area (Å²) in [7, 11) is -0.728. The number of amides is 1. The molecule has 8 heteroatoms. The summed E-state index contributed by atoms with van der Waals surface area (Å²) in [4.78, 5) is 12.5. The summed E-state index contributed by atoms with van der Waals surface area (Å²) in [5.41, 5.74) is 1.71. The van der Waals surface area contributed by atoms with Gasteiger partial charge in [0.05, 0.1) is 24.8 Å². The highest BCUT2D eigenvalue weighted by Crippen LogP contribution is 2.28. The van der Waals surface area contributed by atoms with Crippen molar-refractivity contribution in [3.63, 3.8) is 0 Å². The Balaban J connectivity index is 1.71. The van der Waals surface area contributed by atoms with Gasteiger partial charge in [0.15, 0.2) is 0 Å². The van der Waals surface area contributed by atoms with E-state index < -0.39 is 10.0 Å². The van der Waals surface area contributed by atoms with Crippen LogP contribution in [0.2, 0.25) is 0 Å². The Morgan fingerprint density at radius 2 is 1.61 bits per heavy atom. The predicted molar refractivity (Wildman–Crippen MR) is 119 cm³/mol. The van der Waals surface area contributed by atoms with E-state index in [4.69, 9.17) is 9.47 Å². The maximum Gasteiger partial charge on any atom is 0.255 e. The number of carbonyl (C=O) groups is 1. The van der Waals surface area contributed by atoms with Crippen molar-refractivity contribution >= 4 is 21.6 Å². The van der Waals surface area contributed by atoms with Crippen molar-refractivity contribution in [2.24, 2.45) is 0 Å². The number of sulfonamides is 1. The van der Waals surface area contributed by atoms with Crippen LogP contribution in [-0.2, 0) is 16.4 Å². The molecule has 0 aromatic heterocycles. The van der Waals surface area contributed by atoms with Gasteiger partial charge in [-0.05, 0) is 54.4 Å². The second kappa shape index (κ2) is 10.1. The molecule has 0 aliphatic rings. The van der Waals surface area contributed by atoms with Gasteiger partial charge in [-0.15, -0.1) is 0 Å². The fourth-order valence-corrected chi connectivity index (χ4v) is 4.00. The molecule has 1 amide bonds. The molecule has 162 valence electrons. The lowest BCUT2D eigenvalue weighted by molar-refractivity contribution is 0.102. The summed E-state index contributed by atoms with van der Waals surface area (Å²) in [5.74, 6) is 0.745. The van der Waals surface area contributed by atoms with E-state index in [1.165, 1.54) is 25.3 Å². The van der Waals surface area contributed by atoms with Gasteiger partial charge < -0.3 is 14.8 Å². The molecule has 2 N–H and O–H groups in total. The minimum atomic E-state index is -3.77. The maximum absolute atomic E-state index is 12.7. The van der Waals surface area contributed by atoms with Crippen LogP contribution in [-0.4, -0.2) is 35.1 Å². The van der Waals surface area contributed by atoms with Crippen molar-refractivity contribution in [1.82, 2.24) is 4.72 Å². The Hall–Kier alpha value is -3.36. The van der Waals surface area contributed by atoms with Crippen LogP contribution in [0.1, 0.15) is 15.9 Å². The van der Waals surface area contributed by atoms with Crippen molar-refractivity contribution < 1.29 is 22.7 Å². The summed E-state index contributed by atoms with van der Waals surface area (Å²) in [6, 6.07) is 20.4. The molecule has 0 radical (unpaired) electrons. The van der Waals surface area contributed by atoms with E-state index in [1.807, 2.05) is 30.3 Å². The lowest BCUT2D eigenvalue weighted by atomic mass is 10.1. The summed E-state index contributed by atoms with van der Waals surface area (Å²) < 4.78 is 38.5. The number of benzene rings is 3. The molecular formula is C23H24N2O5S. The van der Waals surface area contributed by atoms with Gasteiger partial charge in [0.25, 0.3) is 5.91 Å². The molecule has 3 rings (SSSR count). The van der Waals surface area contributed by atoms with Crippen molar-refractivity contribution in [2.45, 2.75) is 11.3 Å². The zero-order chi connectivity index (χ0) is 22.3. The monoisotopic (exact) mass is 440 g/mol. The molecular weight excluding hydrogens is 416 g/mol. The Bertz CT molecular complexity index is 1130. The normalized spacial score (nSPS) is 11.0. The third-order valence-electron chi connectivity index (χ3n) is 4.63. The Morgan fingerprint density at radius 1 is 0.903 bits per heavy atom. The van der Waals surface area contributed by atoms with Crippen LogP contribution < -0.4 is 19.5 Å². The van der Waals surface area contributed by atoms with E-state index in [1.54, 1.807) is 31.4 Å². The van der Waals surface area contributed by atoms with Crippen LogP contribution in [0.5, 0.6) is 11.5 Å². The van der Waals surface area contributed by atoms with Crippen molar-refractivity contribution in [1.29, 1.82) is 0 Å². The average molecular weight is 441 g/mol. The van der Waals surface area contributed by atoms with E-state index in [0.29, 0.717) is 17.7 Å². The SMILES string of the molecule is COc1ccc(CCNS(=O)(=O)c2ccc(OC)c(NC(=O)c3ccccc3)c2)cc1. The molecule has 0 fully saturated rings. The van der Waals surface area contributed by atoms with Crippen molar-refractivity contribution in [3.8, 4) is 11.5 Å². The number of anilines is 1. The maximum atomic E-state index is 12.7. The van der Waals surface area contributed by atoms with E-state index in [2.05, 4.69) is 10.0 Å². The quantitative estimate of drug-likeness (QED) is 0.531. The van der Waals surface area contributed by atoms with E-state index >= 15 is 0 Å². The summed E-state index contributed by atoms with van der Waals surface area (Å²) in [6.45, 7) is 0.229. The minimum absolute atomic E-state index is 0.0337. The summed E-state index contributed by atoms with van der Waals surface area (Å²) in [6.07, 6.45) is 0.525.